The number of hydrogen-bond acceptors (Lipinski definition) is 7. The van der Waals surface area contributed by atoms with E-state index in [1.54, 1.807) is 24.9 Å². The fourth-order valence-electron chi connectivity index (χ4n) is 3.62. The van der Waals surface area contributed by atoms with E-state index in [0.29, 0.717) is 23.6 Å². The van der Waals surface area contributed by atoms with Crippen molar-refractivity contribution >= 4 is 22.8 Å². The highest BCUT2D eigenvalue weighted by Crippen LogP contribution is 2.32. The average Bonchev–Trinajstić information content (AvgIpc) is 3.18. The van der Waals surface area contributed by atoms with Crippen LogP contribution >= 0.6 is 0 Å². The molecule has 4 N–H and O–H groups in total. The van der Waals surface area contributed by atoms with E-state index < -0.39 is 0 Å². The summed E-state index contributed by atoms with van der Waals surface area (Å²) in [5, 5.41) is 11.6. The molecule has 8 nitrogen and oxygen atoms in total. The van der Waals surface area contributed by atoms with Gasteiger partial charge in [0.2, 0.25) is 0 Å². The normalized spacial score (nSPS) is 19.4. The molecule has 2 heterocycles. The first-order chi connectivity index (χ1) is 13.7. The molecular formula is C20H26N6O2. The molecule has 0 aliphatic heterocycles. The van der Waals surface area contributed by atoms with Gasteiger partial charge in [-0.3, -0.25) is 0 Å². The van der Waals surface area contributed by atoms with Gasteiger partial charge in [-0.15, -0.1) is 5.10 Å². The van der Waals surface area contributed by atoms with E-state index in [4.69, 9.17) is 15.2 Å². The molecule has 1 aliphatic carbocycles. The van der Waals surface area contributed by atoms with Gasteiger partial charge >= 0.3 is 0 Å². The van der Waals surface area contributed by atoms with Crippen LogP contribution in [0.2, 0.25) is 0 Å². The number of benzene rings is 1. The average molecular weight is 382 g/mol. The van der Waals surface area contributed by atoms with Gasteiger partial charge in [0.1, 0.15) is 5.82 Å². The van der Waals surface area contributed by atoms with Crippen LogP contribution < -0.4 is 25.8 Å². The Bertz CT molecular complexity index is 949. The fourth-order valence-corrected chi connectivity index (χ4v) is 3.62. The minimum absolute atomic E-state index is 0.324. The lowest BCUT2D eigenvalue weighted by atomic mass is 9.92. The van der Waals surface area contributed by atoms with Crippen molar-refractivity contribution in [3.8, 4) is 11.5 Å². The van der Waals surface area contributed by atoms with Crippen molar-refractivity contribution in [3.05, 3.63) is 36.7 Å². The third-order valence-electron chi connectivity index (χ3n) is 5.15. The molecule has 0 saturated heterocycles. The molecule has 3 aromatic rings. The summed E-state index contributed by atoms with van der Waals surface area (Å²) in [7, 11) is 3.25. The van der Waals surface area contributed by atoms with Crippen LogP contribution in [0.25, 0.3) is 5.65 Å². The van der Waals surface area contributed by atoms with Crippen LogP contribution in [0.5, 0.6) is 11.5 Å². The summed E-state index contributed by atoms with van der Waals surface area (Å²) in [6.07, 6.45) is 7.79. The number of fused-ring (bicyclic) bond motifs is 1. The highest BCUT2D eigenvalue weighted by atomic mass is 16.5. The number of nitrogens with one attached hydrogen (secondary N) is 2. The first-order valence-electron chi connectivity index (χ1n) is 9.52. The lowest BCUT2D eigenvalue weighted by molar-refractivity contribution is 0.355. The Hall–Kier alpha value is -3.00. The second-order valence-corrected chi connectivity index (χ2v) is 7.09. The first kappa shape index (κ1) is 18.4. The number of imidazole rings is 1. The van der Waals surface area contributed by atoms with Crippen LogP contribution in [-0.4, -0.2) is 40.9 Å². The maximum atomic E-state index is 6.02. The number of aromatic nitrogens is 3. The molecule has 0 radical (unpaired) electrons. The Labute approximate surface area is 164 Å². The minimum Gasteiger partial charge on any atom is -0.493 e. The zero-order valence-corrected chi connectivity index (χ0v) is 16.2. The van der Waals surface area contributed by atoms with Gasteiger partial charge in [0.15, 0.2) is 17.1 Å². The lowest BCUT2D eigenvalue weighted by Gasteiger charge is -2.27. The van der Waals surface area contributed by atoms with E-state index in [1.165, 1.54) is 0 Å². The van der Waals surface area contributed by atoms with Crippen LogP contribution in [0.15, 0.2) is 36.7 Å². The van der Waals surface area contributed by atoms with Crippen LogP contribution in [0.1, 0.15) is 25.7 Å². The van der Waals surface area contributed by atoms with Gasteiger partial charge in [-0.25, -0.2) is 9.50 Å². The van der Waals surface area contributed by atoms with Crippen LogP contribution in [0.3, 0.4) is 0 Å². The Balaban J connectivity index is 1.60. The van der Waals surface area contributed by atoms with Crippen LogP contribution in [0, 0.1) is 0 Å². The van der Waals surface area contributed by atoms with Crippen molar-refractivity contribution in [2.24, 2.45) is 5.73 Å². The van der Waals surface area contributed by atoms with Crippen LogP contribution in [-0.2, 0) is 0 Å². The molecule has 0 amide bonds. The summed E-state index contributed by atoms with van der Waals surface area (Å²) in [5.74, 6) is 2.17. The number of anilines is 3. The standard InChI is InChI=1S/C20H26N6O2/c1-27-17-8-7-15(11-18(17)28-2)23-16-12-19(25-26-10-9-22-20(16)26)24-14-5-3-13(21)4-6-14/h7-14,23H,3-6,21H2,1-2H3,(H,24,25). The van der Waals surface area contributed by atoms with E-state index in [9.17, 15) is 0 Å². The van der Waals surface area contributed by atoms with E-state index in [-0.39, 0.29) is 0 Å². The Morgan fingerprint density at radius 1 is 1.07 bits per heavy atom. The number of ether oxygens (including phenoxy) is 2. The number of rotatable bonds is 6. The van der Waals surface area contributed by atoms with Gasteiger partial charge in [0.25, 0.3) is 0 Å². The molecule has 1 saturated carbocycles. The van der Waals surface area contributed by atoms with E-state index >= 15 is 0 Å². The SMILES string of the molecule is COc1ccc(Nc2cc(NC3CCC(N)CC3)nn3ccnc23)cc1OC. The second kappa shape index (κ2) is 7.93. The summed E-state index contributed by atoms with van der Waals surface area (Å²) in [6, 6.07) is 8.42. The maximum absolute atomic E-state index is 6.02. The molecule has 0 unspecified atom stereocenters. The van der Waals surface area contributed by atoms with Gasteiger partial charge in [-0.1, -0.05) is 0 Å². The summed E-state index contributed by atoms with van der Waals surface area (Å²) in [6.45, 7) is 0. The lowest BCUT2D eigenvalue weighted by Crippen LogP contribution is -2.33. The number of nitrogens with zero attached hydrogens (tertiary/aromatic N) is 3. The minimum atomic E-state index is 0.324. The van der Waals surface area contributed by atoms with Crippen molar-refractivity contribution in [1.82, 2.24) is 14.6 Å². The topological polar surface area (TPSA) is 98.7 Å². The molecule has 1 aromatic carbocycles. The molecule has 2 aromatic heterocycles. The predicted octanol–water partition coefficient (Wildman–Crippen LogP) is 3.17. The van der Waals surface area contributed by atoms with Crippen molar-refractivity contribution in [2.45, 2.75) is 37.8 Å². The van der Waals surface area contributed by atoms with Gasteiger partial charge in [-0.05, 0) is 37.8 Å². The maximum Gasteiger partial charge on any atom is 0.177 e. The Kier molecular flexibility index (Phi) is 5.21. The largest absolute Gasteiger partial charge is 0.493 e. The second-order valence-electron chi connectivity index (χ2n) is 7.09. The molecule has 0 spiro atoms. The predicted molar refractivity (Wildman–Crippen MR) is 110 cm³/mol. The molecule has 4 rings (SSSR count). The molecule has 1 fully saturated rings. The van der Waals surface area contributed by atoms with Gasteiger partial charge < -0.3 is 25.8 Å². The van der Waals surface area contributed by atoms with Crippen LogP contribution in [0.4, 0.5) is 17.2 Å². The highest BCUT2D eigenvalue weighted by Gasteiger charge is 2.19. The quantitative estimate of drug-likeness (QED) is 0.602. The Morgan fingerprint density at radius 2 is 1.86 bits per heavy atom. The molecule has 8 heteroatoms. The van der Waals surface area contributed by atoms with Crippen molar-refractivity contribution < 1.29 is 9.47 Å². The molecular weight excluding hydrogens is 356 g/mol. The molecule has 1 aliphatic rings. The highest BCUT2D eigenvalue weighted by molar-refractivity contribution is 5.76. The monoisotopic (exact) mass is 382 g/mol. The summed E-state index contributed by atoms with van der Waals surface area (Å²) in [5.41, 5.74) is 8.52. The van der Waals surface area contributed by atoms with Crippen molar-refractivity contribution in [1.29, 1.82) is 0 Å². The van der Waals surface area contributed by atoms with Crippen molar-refractivity contribution in [2.75, 3.05) is 24.9 Å². The van der Waals surface area contributed by atoms with Crippen molar-refractivity contribution in [3.63, 3.8) is 0 Å². The number of hydrogen-bond donors (Lipinski definition) is 3. The third kappa shape index (κ3) is 3.82. The van der Waals surface area contributed by atoms with Gasteiger partial charge in [-0.2, -0.15) is 0 Å². The van der Waals surface area contributed by atoms with Gasteiger partial charge in [0.05, 0.1) is 19.9 Å². The fraction of sp³-hybridized carbons (Fsp3) is 0.400. The van der Waals surface area contributed by atoms with E-state index in [1.807, 2.05) is 30.5 Å². The number of methoxy groups -OCH3 is 2. The summed E-state index contributed by atoms with van der Waals surface area (Å²) < 4.78 is 12.5. The van der Waals surface area contributed by atoms with E-state index in [0.717, 1.165) is 48.5 Å². The van der Waals surface area contributed by atoms with Gasteiger partial charge in [0, 0.05) is 42.3 Å². The molecule has 28 heavy (non-hydrogen) atoms. The van der Waals surface area contributed by atoms with E-state index in [2.05, 4.69) is 20.7 Å². The summed E-state index contributed by atoms with van der Waals surface area (Å²) in [4.78, 5) is 4.43. The first-order valence-corrected chi connectivity index (χ1v) is 9.52. The summed E-state index contributed by atoms with van der Waals surface area (Å²) >= 11 is 0. The third-order valence-corrected chi connectivity index (χ3v) is 5.15. The molecule has 148 valence electrons. The Morgan fingerprint density at radius 3 is 2.61 bits per heavy atom. The molecule has 0 bridgehead atoms. The smallest absolute Gasteiger partial charge is 0.177 e. The molecule has 0 atom stereocenters. The number of nitrogens with two attached hydrogens (primary N) is 1. The zero-order valence-electron chi connectivity index (χ0n) is 16.2. The zero-order chi connectivity index (χ0) is 19.5.